The monoisotopic (exact) mass is 591 g/mol. The minimum Gasteiger partial charge on any atom is -0.487 e. The fraction of sp³-hybridized carbons (Fsp3) is 0.484. The zero-order valence-electron chi connectivity index (χ0n) is 24.8. The molecule has 6 rings (SSSR count). The van der Waals surface area contributed by atoms with E-state index in [1.54, 1.807) is 24.8 Å². The predicted molar refractivity (Wildman–Crippen MR) is 169 cm³/mol. The van der Waals surface area contributed by atoms with Gasteiger partial charge in [-0.1, -0.05) is 31.0 Å². The van der Waals surface area contributed by atoms with Crippen LogP contribution in [0.15, 0.2) is 48.9 Å². The minimum absolute atomic E-state index is 0.485. The fourth-order valence-corrected chi connectivity index (χ4v) is 7.55. The largest absolute Gasteiger partial charge is 0.487 e. The van der Waals surface area contributed by atoms with Gasteiger partial charge in [-0.05, 0) is 68.2 Å². The number of rotatable bonds is 10. The van der Waals surface area contributed by atoms with Gasteiger partial charge >= 0.3 is 0 Å². The summed E-state index contributed by atoms with van der Waals surface area (Å²) in [6.45, 7) is 12.9. The molecule has 41 heavy (non-hydrogen) atoms. The quantitative estimate of drug-likeness (QED) is 0.151. The zero-order valence-corrected chi connectivity index (χ0v) is 26.6. The van der Waals surface area contributed by atoms with E-state index >= 15 is 0 Å². The molecule has 0 N–H and O–H groups in total. The molecule has 4 aromatic rings. The van der Waals surface area contributed by atoms with Crippen molar-refractivity contribution < 1.29 is 14.2 Å². The van der Waals surface area contributed by atoms with Gasteiger partial charge in [-0.25, -0.2) is 9.97 Å². The molecular formula is C31H41N5O3SSi. The Morgan fingerprint density at radius 1 is 1.05 bits per heavy atom. The first-order valence-electron chi connectivity index (χ1n) is 14.5. The van der Waals surface area contributed by atoms with Gasteiger partial charge in [0.2, 0.25) is 5.88 Å². The fourth-order valence-electron chi connectivity index (χ4n) is 5.84. The number of anilines is 1. The molecule has 2 aliphatic rings. The van der Waals surface area contributed by atoms with Crippen molar-refractivity contribution in [1.82, 2.24) is 19.4 Å². The second-order valence-corrected chi connectivity index (χ2v) is 19.3. The van der Waals surface area contributed by atoms with Gasteiger partial charge in [-0.3, -0.25) is 0 Å². The van der Waals surface area contributed by atoms with Crippen molar-refractivity contribution in [3.05, 3.63) is 48.9 Å². The van der Waals surface area contributed by atoms with Crippen LogP contribution in [0.3, 0.4) is 0 Å². The first-order chi connectivity index (χ1) is 19.7. The molecule has 3 aromatic heterocycles. The van der Waals surface area contributed by atoms with Gasteiger partial charge in [0.1, 0.15) is 18.8 Å². The normalized spacial score (nSPS) is 19.6. The van der Waals surface area contributed by atoms with E-state index in [0.29, 0.717) is 12.6 Å². The van der Waals surface area contributed by atoms with Gasteiger partial charge in [0.25, 0.3) is 0 Å². The van der Waals surface area contributed by atoms with Crippen LogP contribution in [-0.4, -0.2) is 74.5 Å². The van der Waals surface area contributed by atoms with Crippen LogP contribution in [0.25, 0.3) is 21.5 Å². The molecule has 0 amide bonds. The standard InChI is InChI=1S/C31H41N5O3SSi/c1-34-11-10-23-17-36(18-24(23)16-34)28-14-26(33-27-15-30(37-2)40-31(27)28)22-6-8-25(9-7-22)39-29-19-35(20-32-29)21-38-12-13-41(3,4)5/h6-9,14-15,19-20,23-24H,10-13,16-18,21H2,1-5H3. The number of fused-ring (bicyclic) bond motifs is 2. The maximum Gasteiger partial charge on any atom is 0.237 e. The van der Waals surface area contributed by atoms with Crippen molar-refractivity contribution in [1.29, 1.82) is 0 Å². The van der Waals surface area contributed by atoms with Gasteiger partial charge in [0.05, 0.1) is 34.9 Å². The van der Waals surface area contributed by atoms with Crippen LogP contribution in [0.2, 0.25) is 25.7 Å². The summed E-state index contributed by atoms with van der Waals surface area (Å²) in [6.07, 6.45) is 4.90. The van der Waals surface area contributed by atoms with Crippen LogP contribution >= 0.6 is 11.3 Å². The number of methoxy groups -OCH3 is 1. The summed E-state index contributed by atoms with van der Waals surface area (Å²) in [4.78, 5) is 14.5. The number of benzene rings is 1. The van der Waals surface area contributed by atoms with Crippen LogP contribution in [0.1, 0.15) is 6.42 Å². The van der Waals surface area contributed by atoms with Gasteiger partial charge in [-0.2, -0.15) is 0 Å². The zero-order chi connectivity index (χ0) is 28.6. The summed E-state index contributed by atoms with van der Waals surface area (Å²) in [5.41, 5.74) is 4.28. The minimum atomic E-state index is -1.09. The molecule has 0 radical (unpaired) electrons. The number of imidazole rings is 1. The van der Waals surface area contributed by atoms with Gasteiger partial charge < -0.3 is 28.6 Å². The van der Waals surface area contributed by atoms with E-state index in [1.165, 1.54) is 29.9 Å². The van der Waals surface area contributed by atoms with Crippen molar-refractivity contribution in [3.63, 3.8) is 0 Å². The maximum atomic E-state index is 6.04. The van der Waals surface area contributed by atoms with Crippen LogP contribution in [0.4, 0.5) is 5.69 Å². The van der Waals surface area contributed by atoms with Gasteiger partial charge in [0.15, 0.2) is 5.06 Å². The van der Waals surface area contributed by atoms with Crippen molar-refractivity contribution in [2.24, 2.45) is 11.8 Å². The van der Waals surface area contributed by atoms with E-state index in [1.807, 2.05) is 22.9 Å². The molecule has 0 aliphatic carbocycles. The Morgan fingerprint density at radius 3 is 2.63 bits per heavy atom. The summed E-state index contributed by atoms with van der Waals surface area (Å²) in [7, 11) is 2.88. The van der Waals surface area contributed by atoms with Crippen molar-refractivity contribution in [3.8, 4) is 28.0 Å². The molecule has 0 spiro atoms. The van der Waals surface area contributed by atoms with E-state index in [0.717, 1.165) is 65.2 Å². The lowest BCUT2D eigenvalue weighted by atomic mass is 9.89. The topological polar surface area (TPSA) is 64.9 Å². The highest BCUT2D eigenvalue weighted by Crippen LogP contribution is 2.43. The first-order valence-corrected chi connectivity index (χ1v) is 19.1. The van der Waals surface area contributed by atoms with E-state index in [4.69, 9.17) is 19.2 Å². The summed E-state index contributed by atoms with van der Waals surface area (Å²) in [5, 5.41) is 0.895. The number of hydrogen-bond donors (Lipinski definition) is 0. The lowest BCUT2D eigenvalue weighted by Crippen LogP contribution is -2.37. The molecule has 2 fully saturated rings. The number of nitrogens with zero attached hydrogens (tertiary/aromatic N) is 5. The van der Waals surface area contributed by atoms with E-state index in [9.17, 15) is 0 Å². The van der Waals surface area contributed by atoms with E-state index < -0.39 is 8.07 Å². The van der Waals surface area contributed by atoms with Crippen LogP contribution in [0.5, 0.6) is 16.7 Å². The van der Waals surface area contributed by atoms with Crippen LogP contribution in [0, 0.1) is 11.8 Å². The Balaban J connectivity index is 1.17. The SMILES string of the molecule is COc1cc2nc(-c3ccc(Oc4cn(COCC[Si](C)(C)C)cn4)cc3)cc(N3CC4CCN(C)CC4C3)c2s1. The molecule has 2 aliphatic heterocycles. The second kappa shape index (κ2) is 11.8. The molecule has 5 heterocycles. The van der Waals surface area contributed by atoms with Crippen molar-refractivity contribution in [2.45, 2.75) is 38.8 Å². The second-order valence-electron chi connectivity index (χ2n) is 12.7. The first kappa shape index (κ1) is 28.2. The lowest BCUT2D eigenvalue weighted by Gasteiger charge is -2.31. The Morgan fingerprint density at radius 2 is 1.85 bits per heavy atom. The molecule has 0 bridgehead atoms. The molecule has 8 nitrogen and oxygen atoms in total. The number of thiophene rings is 1. The Hall–Kier alpha value is -2.92. The average molecular weight is 592 g/mol. The Labute approximate surface area is 247 Å². The van der Waals surface area contributed by atoms with Crippen LogP contribution < -0.4 is 14.4 Å². The Bertz CT molecular complexity index is 1480. The van der Waals surface area contributed by atoms with Crippen molar-refractivity contribution in [2.75, 3.05) is 51.8 Å². The maximum absolute atomic E-state index is 6.04. The highest BCUT2D eigenvalue weighted by Gasteiger charge is 2.37. The molecule has 2 saturated heterocycles. The number of pyridine rings is 1. The lowest BCUT2D eigenvalue weighted by molar-refractivity contribution is 0.0870. The molecule has 2 unspecified atom stereocenters. The third-order valence-corrected chi connectivity index (χ3v) is 11.0. The Kier molecular flexibility index (Phi) is 8.09. The summed E-state index contributed by atoms with van der Waals surface area (Å²) < 4.78 is 20.6. The molecule has 1 aromatic carbocycles. The molecule has 218 valence electrons. The molecule has 2 atom stereocenters. The number of hydrogen-bond acceptors (Lipinski definition) is 8. The third-order valence-electron chi connectivity index (χ3n) is 8.20. The number of aromatic nitrogens is 3. The summed E-state index contributed by atoms with van der Waals surface area (Å²) in [6, 6.07) is 13.6. The number of ether oxygens (including phenoxy) is 3. The number of likely N-dealkylation sites (tertiary alicyclic amines) is 1. The summed E-state index contributed by atoms with van der Waals surface area (Å²) >= 11 is 1.69. The summed E-state index contributed by atoms with van der Waals surface area (Å²) in [5.74, 6) is 2.78. The highest BCUT2D eigenvalue weighted by molar-refractivity contribution is 7.21. The van der Waals surface area contributed by atoms with Crippen LogP contribution in [-0.2, 0) is 11.5 Å². The average Bonchev–Trinajstić information content (AvgIpc) is 3.68. The number of piperidine rings is 1. The van der Waals surface area contributed by atoms with Crippen molar-refractivity contribution >= 4 is 35.3 Å². The third kappa shape index (κ3) is 6.61. The van der Waals surface area contributed by atoms with Gasteiger partial charge in [-0.15, -0.1) is 0 Å². The van der Waals surface area contributed by atoms with E-state index in [-0.39, 0.29) is 0 Å². The molecular weight excluding hydrogens is 551 g/mol. The molecule has 0 saturated carbocycles. The smallest absolute Gasteiger partial charge is 0.237 e. The molecule has 10 heteroatoms. The van der Waals surface area contributed by atoms with E-state index in [2.05, 4.69) is 65.7 Å². The van der Waals surface area contributed by atoms with Gasteiger partial charge in [0, 0.05) is 45.9 Å². The predicted octanol–water partition coefficient (Wildman–Crippen LogP) is 6.66. The highest BCUT2D eigenvalue weighted by atomic mass is 32.1.